The number of nitrogens with zero attached hydrogens (tertiary/aromatic N) is 3. The van der Waals surface area contributed by atoms with Gasteiger partial charge in [-0.15, -0.1) is 5.10 Å². The summed E-state index contributed by atoms with van der Waals surface area (Å²) < 4.78 is 22.3. The largest absolute Gasteiger partial charge is 0.444 e. The summed E-state index contributed by atoms with van der Waals surface area (Å²) in [5, 5.41) is 4.05. The number of amides is 1. The van der Waals surface area contributed by atoms with E-state index in [1.165, 1.54) is 14.2 Å². The molecule has 2 rings (SSSR count). The van der Waals surface area contributed by atoms with Crippen LogP contribution in [-0.2, 0) is 21.3 Å². The fourth-order valence-electron chi connectivity index (χ4n) is 2.62. The lowest BCUT2D eigenvalue weighted by Crippen LogP contribution is -2.43. The highest BCUT2D eigenvalue weighted by atomic mass is 16.7. The minimum atomic E-state index is -0.700. The first-order valence-electron chi connectivity index (χ1n) is 7.87. The van der Waals surface area contributed by atoms with Crippen LogP contribution in [0.25, 0.3) is 0 Å². The number of carbonyl (C=O) groups excluding carboxylic acids is 1. The Balaban J connectivity index is 2.23. The molecule has 2 atom stereocenters. The summed E-state index contributed by atoms with van der Waals surface area (Å²) in [7, 11) is 2.98. The Kier molecular flexibility index (Phi) is 5.66. The third-order valence-electron chi connectivity index (χ3n) is 3.59. The second-order valence-electron chi connectivity index (χ2n) is 6.71. The quantitative estimate of drug-likeness (QED) is 0.746. The van der Waals surface area contributed by atoms with Gasteiger partial charge in [-0.1, -0.05) is 0 Å². The van der Waals surface area contributed by atoms with Crippen LogP contribution in [0.15, 0.2) is 9.21 Å². The van der Waals surface area contributed by atoms with E-state index in [9.17, 15) is 9.59 Å². The lowest BCUT2D eigenvalue weighted by molar-refractivity contribution is -0.106. The van der Waals surface area contributed by atoms with Crippen molar-refractivity contribution in [3.05, 3.63) is 16.4 Å². The van der Waals surface area contributed by atoms with E-state index < -0.39 is 23.6 Å². The van der Waals surface area contributed by atoms with Crippen molar-refractivity contribution in [1.29, 1.82) is 0 Å². The predicted molar refractivity (Wildman–Crippen MR) is 83.4 cm³/mol. The van der Waals surface area contributed by atoms with Gasteiger partial charge in [0, 0.05) is 20.7 Å². The first-order valence-corrected chi connectivity index (χ1v) is 7.87. The number of rotatable bonds is 5. The number of aryl methyl sites for hydroxylation is 1. The number of hydrogen-bond donors (Lipinski definition) is 0. The molecule has 1 aliphatic heterocycles. The summed E-state index contributed by atoms with van der Waals surface area (Å²) in [6, 6.07) is -0.340. The van der Waals surface area contributed by atoms with Crippen LogP contribution < -0.4 is 5.76 Å². The molecule has 0 saturated carbocycles. The summed E-state index contributed by atoms with van der Waals surface area (Å²) >= 11 is 0. The smallest absolute Gasteiger partial charge is 0.436 e. The molecule has 0 radical (unpaired) electrons. The Hall–Kier alpha value is -1.87. The first kappa shape index (κ1) is 18.5. The van der Waals surface area contributed by atoms with E-state index in [0.717, 1.165) is 11.1 Å². The molecule has 0 spiro atoms. The van der Waals surface area contributed by atoms with E-state index in [-0.39, 0.29) is 18.7 Å². The van der Waals surface area contributed by atoms with Gasteiger partial charge in [0.05, 0.1) is 6.04 Å². The van der Waals surface area contributed by atoms with Gasteiger partial charge >= 0.3 is 11.8 Å². The zero-order chi connectivity index (χ0) is 17.9. The second-order valence-corrected chi connectivity index (χ2v) is 6.71. The van der Waals surface area contributed by atoms with Crippen molar-refractivity contribution in [1.82, 2.24) is 14.7 Å². The van der Waals surface area contributed by atoms with Gasteiger partial charge in [0.25, 0.3) is 0 Å². The van der Waals surface area contributed by atoms with E-state index in [1.54, 1.807) is 4.90 Å². The average Bonchev–Trinajstić information content (AvgIpc) is 3.06. The summed E-state index contributed by atoms with van der Waals surface area (Å²) in [6.07, 6.45) is 0.366. The maximum Gasteiger partial charge on any atom is 0.436 e. The van der Waals surface area contributed by atoms with Crippen molar-refractivity contribution in [2.45, 2.75) is 51.4 Å². The van der Waals surface area contributed by atoms with Crippen molar-refractivity contribution >= 4 is 6.09 Å². The third-order valence-corrected chi connectivity index (χ3v) is 3.59. The second kappa shape index (κ2) is 7.35. The molecule has 9 nitrogen and oxygen atoms in total. The van der Waals surface area contributed by atoms with Crippen molar-refractivity contribution in [2.24, 2.45) is 7.05 Å². The topological polar surface area (TPSA) is 96.0 Å². The molecule has 0 bridgehead atoms. The minimum absolute atomic E-state index is 0.0103. The van der Waals surface area contributed by atoms with Gasteiger partial charge in [0.2, 0.25) is 5.89 Å². The van der Waals surface area contributed by atoms with Gasteiger partial charge in [0.1, 0.15) is 12.4 Å². The molecule has 1 aromatic heterocycles. The third kappa shape index (κ3) is 4.35. The fourth-order valence-corrected chi connectivity index (χ4v) is 2.62. The molecule has 2 heterocycles. The number of methoxy groups -OCH3 is 1. The molecule has 24 heavy (non-hydrogen) atoms. The number of ether oxygens (including phenoxy) is 3. The highest BCUT2D eigenvalue weighted by molar-refractivity contribution is 5.69. The lowest BCUT2D eigenvalue weighted by Gasteiger charge is -2.31. The maximum absolute atomic E-state index is 12.5. The number of likely N-dealkylation sites (tertiary alicyclic amines) is 1. The normalized spacial score (nSPS) is 19.5. The molecule has 1 aromatic rings. The van der Waals surface area contributed by atoms with Crippen LogP contribution in [0.3, 0.4) is 0 Å². The molecule has 1 amide bonds. The van der Waals surface area contributed by atoms with Gasteiger partial charge < -0.3 is 23.5 Å². The zero-order valence-electron chi connectivity index (χ0n) is 14.8. The average molecular weight is 343 g/mol. The molecular formula is C15H25N3O6. The number of aromatic nitrogens is 2. The summed E-state index contributed by atoms with van der Waals surface area (Å²) in [5.41, 5.74) is -0.593. The highest BCUT2D eigenvalue weighted by Gasteiger charge is 2.40. The standard InChI is InChI=1S/C15H25N3O6/c1-15(2,3)24-14(20)18-8-6-7-10(18)11(22-9-21-5)12-16-17(4)13(19)23-12/h10-11H,6-9H2,1-5H3/t10-,11?/m0/s1. The van der Waals surface area contributed by atoms with Gasteiger partial charge in [-0.05, 0) is 33.6 Å². The molecule has 136 valence electrons. The van der Waals surface area contributed by atoms with Crippen molar-refractivity contribution in [2.75, 3.05) is 20.4 Å². The predicted octanol–water partition coefficient (Wildman–Crippen LogP) is 1.43. The summed E-state index contributed by atoms with van der Waals surface area (Å²) in [5.74, 6) is -0.460. The van der Waals surface area contributed by atoms with E-state index in [1.807, 2.05) is 20.8 Å². The van der Waals surface area contributed by atoms with Crippen molar-refractivity contribution in [3.8, 4) is 0 Å². The Morgan fingerprint density at radius 3 is 2.71 bits per heavy atom. The van der Waals surface area contributed by atoms with Crippen LogP contribution in [0, 0.1) is 0 Å². The van der Waals surface area contributed by atoms with Gasteiger partial charge in [-0.2, -0.15) is 4.68 Å². The molecule has 1 unspecified atom stereocenters. The minimum Gasteiger partial charge on any atom is -0.444 e. The molecule has 1 fully saturated rings. The van der Waals surface area contributed by atoms with E-state index in [4.69, 9.17) is 18.6 Å². The Morgan fingerprint density at radius 1 is 1.46 bits per heavy atom. The van der Waals surface area contributed by atoms with Crippen molar-refractivity contribution < 1.29 is 23.4 Å². The summed E-state index contributed by atoms with van der Waals surface area (Å²) in [4.78, 5) is 25.6. The van der Waals surface area contributed by atoms with Gasteiger partial charge in [-0.25, -0.2) is 9.59 Å². The SMILES string of the molecule is COCOC(c1nn(C)c(=O)o1)[C@@H]1CCCN1C(=O)OC(C)(C)C. The van der Waals surface area contributed by atoms with Crippen molar-refractivity contribution in [3.63, 3.8) is 0 Å². The molecule has 0 aromatic carbocycles. The van der Waals surface area contributed by atoms with E-state index in [0.29, 0.717) is 13.0 Å². The number of carbonyl (C=O) groups is 1. The Bertz CT molecular complexity index is 617. The zero-order valence-corrected chi connectivity index (χ0v) is 14.8. The molecule has 9 heteroatoms. The summed E-state index contributed by atoms with van der Waals surface area (Å²) in [6.45, 7) is 5.97. The van der Waals surface area contributed by atoms with E-state index in [2.05, 4.69) is 5.10 Å². The fraction of sp³-hybridized carbons (Fsp3) is 0.800. The number of hydrogen-bond acceptors (Lipinski definition) is 7. The van der Waals surface area contributed by atoms with Crippen LogP contribution in [0.5, 0.6) is 0 Å². The molecule has 1 saturated heterocycles. The van der Waals surface area contributed by atoms with Gasteiger partial charge in [-0.3, -0.25) is 0 Å². The molecule has 1 aliphatic rings. The lowest BCUT2D eigenvalue weighted by atomic mass is 10.1. The monoisotopic (exact) mass is 343 g/mol. The van der Waals surface area contributed by atoms with Crippen LogP contribution >= 0.6 is 0 Å². The molecule has 0 aliphatic carbocycles. The molecular weight excluding hydrogens is 318 g/mol. The van der Waals surface area contributed by atoms with Crippen LogP contribution in [0.2, 0.25) is 0 Å². The highest BCUT2D eigenvalue weighted by Crippen LogP contribution is 2.32. The van der Waals surface area contributed by atoms with Crippen LogP contribution in [0.1, 0.15) is 45.6 Å². The molecule has 0 N–H and O–H groups in total. The van der Waals surface area contributed by atoms with E-state index >= 15 is 0 Å². The van der Waals surface area contributed by atoms with Crippen LogP contribution in [-0.4, -0.2) is 52.9 Å². The Morgan fingerprint density at radius 2 is 2.17 bits per heavy atom. The Labute approximate surface area is 140 Å². The van der Waals surface area contributed by atoms with Gasteiger partial charge in [0.15, 0.2) is 6.10 Å². The first-order chi connectivity index (χ1) is 11.2. The maximum atomic E-state index is 12.5. The van der Waals surface area contributed by atoms with Crippen LogP contribution in [0.4, 0.5) is 4.79 Å².